The van der Waals surface area contributed by atoms with Crippen molar-refractivity contribution < 1.29 is 5.11 Å². The van der Waals surface area contributed by atoms with Crippen molar-refractivity contribution in [2.45, 2.75) is 19.3 Å². The van der Waals surface area contributed by atoms with Gasteiger partial charge < -0.3 is 10.0 Å². The molecule has 3 aromatic carbocycles. The van der Waals surface area contributed by atoms with Crippen LogP contribution in [0, 0.1) is 5.92 Å². The summed E-state index contributed by atoms with van der Waals surface area (Å²) < 4.78 is 0. The summed E-state index contributed by atoms with van der Waals surface area (Å²) in [5.74, 6) is 2.03. The maximum atomic E-state index is 9.70. The second-order valence-electron chi connectivity index (χ2n) is 8.63. The van der Waals surface area contributed by atoms with Crippen LogP contribution in [0.2, 0.25) is 0 Å². The van der Waals surface area contributed by atoms with Gasteiger partial charge in [-0.2, -0.15) is 0 Å². The average Bonchev–Trinajstić information content (AvgIpc) is 2.86. The highest BCUT2D eigenvalue weighted by molar-refractivity contribution is 5.74. The third-order valence-electron chi connectivity index (χ3n) is 6.39. The van der Waals surface area contributed by atoms with E-state index in [0.29, 0.717) is 0 Å². The molecule has 0 radical (unpaired) electrons. The number of piperidine rings is 1. The molecule has 4 aromatic rings. The number of anilines is 1. The van der Waals surface area contributed by atoms with E-state index in [0.717, 1.165) is 42.5 Å². The molecule has 3 nitrogen and oxygen atoms in total. The van der Waals surface area contributed by atoms with Gasteiger partial charge in [0.15, 0.2) is 0 Å². The van der Waals surface area contributed by atoms with Gasteiger partial charge in [-0.05, 0) is 78.3 Å². The average molecular weight is 421 g/mol. The van der Waals surface area contributed by atoms with Crippen LogP contribution in [0.5, 0.6) is 5.75 Å². The second-order valence-corrected chi connectivity index (χ2v) is 8.63. The van der Waals surface area contributed by atoms with Crippen LogP contribution in [0.3, 0.4) is 0 Å². The van der Waals surface area contributed by atoms with E-state index < -0.39 is 0 Å². The van der Waals surface area contributed by atoms with Crippen LogP contribution in [0.4, 0.5) is 5.82 Å². The van der Waals surface area contributed by atoms with E-state index in [4.69, 9.17) is 4.98 Å². The number of aromatic hydroxyl groups is 1. The van der Waals surface area contributed by atoms with Gasteiger partial charge in [0.25, 0.3) is 0 Å². The predicted molar refractivity (Wildman–Crippen MR) is 132 cm³/mol. The number of nitrogens with zero attached hydrogens (tertiary/aromatic N) is 2. The maximum absolute atomic E-state index is 9.70. The maximum Gasteiger partial charge on any atom is 0.129 e. The van der Waals surface area contributed by atoms with Crippen molar-refractivity contribution in [3.8, 4) is 28.1 Å². The smallest absolute Gasteiger partial charge is 0.129 e. The number of hydrogen-bond donors (Lipinski definition) is 1. The molecule has 0 aliphatic carbocycles. The lowest BCUT2D eigenvalue weighted by molar-refractivity contribution is 0.402. The van der Waals surface area contributed by atoms with Crippen molar-refractivity contribution in [2.24, 2.45) is 5.92 Å². The number of phenols is 1. The molecule has 1 saturated heterocycles. The van der Waals surface area contributed by atoms with Crippen molar-refractivity contribution in [3.63, 3.8) is 0 Å². The van der Waals surface area contributed by atoms with Gasteiger partial charge in [0.1, 0.15) is 11.6 Å². The molecule has 1 aliphatic heterocycles. The Kier molecular flexibility index (Phi) is 5.89. The van der Waals surface area contributed by atoms with Gasteiger partial charge in [0.05, 0.1) is 5.69 Å². The normalized spacial score (nSPS) is 14.4. The molecular formula is C29H28N2O. The minimum absolute atomic E-state index is 0.272. The lowest BCUT2D eigenvalue weighted by Crippen LogP contribution is -2.35. The van der Waals surface area contributed by atoms with E-state index in [1.165, 1.54) is 29.5 Å². The standard InChI is InChI=1S/C29H28N2O/c32-27-13-11-25(12-14-27)28-20-26(24-9-5-2-6-10-24)21-29(30-28)31-17-15-23(16-18-31)19-22-7-3-1-4-8-22/h1-14,20-21,23,32H,15-19H2. The molecular weight excluding hydrogens is 392 g/mol. The van der Waals surface area contributed by atoms with Crippen molar-refractivity contribution in [3.05, 3.63) is 103 Å². The van der Waals surface area contributed by atoms with E-state index in [1.807, 2.05) is 18.2 Å². The first-order valence-electron chi connectivity index (χ1n) is 11.4. The van der Waals surface area contributed by atoms with Crippen LogP contribution < -0.4 is 4.90 Å². The second kappa shape index (κ2) is 9.27. The largest absolute Gasteiger partial charge is 0.508 e. The molecule has 1 N–H and O–H groups in total. The van der Waals surface area contributed by atoms with Crippen LogP contribution in [0.25, 0.3) is 22.4 Å². The Morgan fingerprint density at radius 1 is 0.719 bits per heavy atom. The van der Waals surface area contributed by atoms with Gasteiger partial charge >= 0.3 is 0 Å². The van der Waals surface area contributed by atoms with Gasteiger partial charge in [0, 0.05) is 18.7 Å². The van der Waals surface area contributed by atoms with Gasteiger partial charge in [-0.1, -0.05) is 60.7 Å². The van der Waals surface area contributed by atoms with Crippen LogP contribution in [-0.4, -0.2) is 23.2 Å². The summed E-state index contributed by atoms with van der Waals surface area (Å²) in [6.07, 6.45) is 3.52. The Morgan fingerprint density at radius 2 is 1.38 bits per heavy atom. The summed E-state index contributed by atoms with van der Waals surface area (Å²) in [4.78, 5) is 7.46. The Balaban J connectivity index is 1.40. The number of pyridine rings is 1. The first kappa shape index (κ1) is 20.3. The molecule has 0 spiro atoms. The van der Waals surface area contributed by atoms with E-state index >= 15 is 0 Å². The van der Waals surface area contributed by atoms with Crippen molar-refractivity contribution in [1.82, 2.24) is 4.98 Å². The Morgan fingerprint density at radius 3 is 2.06 bits per heavy atom. The van der Waals surface area contributed by atoms with Crippen LogP contribution in [-0.2, 0) is 6.42 Å². The van der Waals surface area contributed by atoms with Gasteiger partial charge in [-0.25, -0.2) is 4.98 Å². The molecule has 0 bridgehead atoms. The zero-order valence-corrected chi connectivity index (χ0v) is 18.2. The van der Waals surface area contributed by atoms with Crippen LogP contribution in [0.1, 0.15) is 18.4 Å². The minimum Gasteiger partial charge on any atom is -0.508 e. The first-order chi connectivity index (χ1) is 15.7. The fourth-order valence-corrected chi connectivity index (χ4v) is 4.57. The van der Waals surface area contributed by atoms with E-state index in [1.54, 1.807) is 12.1 Å². The highest BCUT2D eigenvalue weighted by Crippen LogP contribution is 2.32. The molecule has 5 rings (SSSR count). The first-order valence-corrected chi connectivity index (χ1v) is 11.4. The third-order valence-corrected chi connectivity index (χ3v) is 6.39. The van der Waals surface area contributed by atoms with Crippen LogP contribution >= 0.6 is 0 Å². The van der Waals surface area contributed by atoms with Gasteiger partial charge in [-0.3, -0.25) is 0 Å². The summed E-state index contributed by atoms with van der Waals surface area (Å²) in [7, 11) is 0. The number of aromatic nitrogens is 1. The number of hydrogen-bond acceptors (Lipinski definition) is 3. The molecule has 32 heavy (non-hydrogen) atoms. The highest BCUT2D eigenvalue weighted by atomic mass is 16.3. The van der Waals surface area contributed by atoms with Crippen LogP contribution in [0.15, 0.2) is 97.1 Å². The molecule has 0 unspecified atom stereocenters. The quantitative estimate of drug-likeness (QED) is 0.396. The Bertz CT molecular complexity index is 1150. The molecule has 0 atom stereocenters. The summed E-state index contributed by atoms with van der Waals surface area (Å²) in [6, 6.07) is 33.0. The lowest BCUT2D eigenvalue weighted by atomic mass is 9.90. The molecule has 160 valence electrons. The minimum atomic E-state index is 0.272. The molecule has 1 fully saturated rings. The molecule has 1 aliphatic rings. The number of benzene rings is 3. The molecule has 1 aromatic heterocycles. The van der Waals surface area contributed by atoms with Crippen molar-refractivity contribution in [2.75, 3.05) is 18.0 Å². The van der Waals surface area contributed by atoms with E-state index in [2.05, 4.69) is 71.6 Å². The molecule has 0 amide bonds. The Labute approximate surface area is 190 Å². The van der Waals surface area contributed by atoms with Crippen molar-refractivity contribution >= 4 is 5.82 Å². The van der Waals surface area contributed by atoms with E-state index in [-0.39, 0.29) is 5.75 Å². The predicted octanol–water partition coefficient (Wildman–Crippen LogP) is 6.58. The molecule has 0 saturated carbocycles. The fraction of sp³-hybridized carbons (Fsp3) is 0.207. The highest BCUT2D eigenvalue weighted by Gasteiger charge is 2.21. The summed E-state index contributed by atoms with van der Waals surface area (Å²) >= 11 is 0. The summed E-state index contributed by atoms with van der Waals surface area (Å²) in [5, 5.41) is 9.70. The van der Waals surface area contributed by atoms with Gasteiger partial charge in [0.2, 0.25) is 0 Å². The lowest BCUT2D eigenvalue weighted by Gasteiger charge is -2.33. The molecule has 2 heterocycles. The topological polar surface area (TPSA) is 36.4 Å². The van der Waals surface area contributed by atoms with Gasteiger partial charge in [-0.15, -0.1) is 0 Å². The Hall–Kier alpha value is -3.59. The monoisotopic (exact) mass is 420 g/mol. The third kappa shape index (κ3) is 4.67. The van der Waals surface area contributed by atoms with E-state index in [9.17, 15) is 5.11 Å². The summed E-state index contributed by atoms with van der Waals surface area (Å²) in [6.45, 7) is 2.05. The fourth-order valence-electron chi connectivity index (χ4n) is 4.57. The zero-order chi connectivity index (χ0) is 21.8. The van der Waals surface area contributed by atoms with Crippen molar-refractivity contribution in [1.29, 1.82) is 0 Å². The SMILES string of the molecule is Oc1ccc(-c2cc(-c3ccccc3)cc(N3CCC(Cc4ccccc4)CC3)n2)cc1. The summed E-state index contributed by atoms with van der Waals surface area (Å²) in [5.41, 5.74) is 5.75. The molecule has 3 heteroatoms. The number of rotatable bonds is 5. The number of phenolic OH excluding ortho intramolecular Hbond substituents is 1. The zero-order valence-electron chi connectivity index (χ0n) is 18.2.